The molecule has 100 valence electrons. The van der Waals surface area contributed by atoms with E-state index in [1.165, 1.54) is 12.1 Å². The maximum Gasteiger partial charge on any atom is 0.356 e. The van der Waals surface area contributed by atoms with Crippen molar-refractivity contribution in [2.75, 3.05) is 0 Å². The molecular formula is C12H16ClNO4. The van der Waals surface area contributed by atoms with Crippen molar-refractivity contribution in [3.63, 3.8) is 0 Å². The van der Waals surface area contributed by atoms with Gasteiger partial charge in [0.1, 0.15) is 0 Å². The Morgan fingerprint density at radius 2 is 1.89 bits per heavy atom. The van der Waals surface area contributed by atoms with Crippen molar-refractivity contribution < 1.29 is 19.5 Å². The van der Waals surface area contributed by atoms with Crippen LogP contribution in [0.5, 0.6) is 0 Å². The van der Waals surface area contributed by atoms with Gasteiger partial charge in [-0.2, -0.15) is 0 Å². The quantitative estimate of drug-likeness (QED) is 0.649. The third-order valence-electron chi connectivity index (χ3n) is 1.80. The Labute approximate surface area is 111 Å². The molecule has 0 bridgehead atoms. The summed E-state index contributed by atoms with van der Waals surface area (Å²) in [7, 11) is 0. The first kappa shape index (κ1) is 14.9. The number of hydrogen-bond acceptors (Lipinski definition) is 5. The molecular weight excluding hydrogens is 258 g/mol. The molecule has 6 heteroatoms. The highest BCUT2D eigenvalue weighted by atomic mass is 35.5. The van der Waals surface area contributed by atoms with Gasteiger partial charge in [-0.3, -0.25) is 0 Å². The van der Waals surface area contributed by atoms with Gasteiger partial charge >= 0.3 is 5.97 Å². The predicted molar refractivity (Wildman–Crippen MR) is 66.8 cm³/mol. The highest BCUT2D eigenvalue weighted by molar-refractivity contribution is 6.30. The summed E-state index contributed by atoms with van der Waals surface area (Å²) < 4.78 is 5.09. The van der Waals surface area contributed by atoms with Gasteiger partial charge in [-0.1, -0.05) is 17.1 Å². The van der Waals surface area contributed by atoms with Gasteiger partial charge in [0.25, 0.3) is 0 Å². The molecule has 0 aliphatic rings. The first-order valence-electron chi connectivity index (χ1n) is 5.36. The molecule has 0 spiro atoms. The number of ether oxygens (including phenoxy) is 1. The Kier molecular flexibility index (Phi) is 5.10. The third-order valence-corrected chi connectivity index (χ3v) is 2.05. The molecule has 1 aromatic rings. The summed E-state index contributed by atoms with van der Waals surface area (Å²) in [5.41, 5.74) is 1.86. The normalized spacial score (nSPS) is 13.2. The molecule has 1 rings (SSSR count). The van der Waals surface area contributed by atoms with E-state index in [0.29, 0.717) is 10.6 Å². The van der Waals surface area contributed by atoms with Crippen LogP contribution in [0.15, 0.2) is 24.3 Å². The highest BCUT2D eigenvalue weighted by Gasteiger charge is 2.18. The van der Waals surface area contributed by atoms with Crippen LogP contribution in [0.3, 0.4) is 0 Å². The molecule has 0 aromatic heterocycles. The average molecular weight is 274 g/mol. The summed E-state index contributed by atoms with van der Waals surface area (Å²) in [6.07, 6.45) is -1.39. The van der Waals surface area contributed by atoms with E-state index in [2.05, 4.69) is 10.3 Å². The van der Waals surface area contributed by atoms with Gasteiger partial charge in [-0.25, -0.2) is 4.79 Å². The van der Waals surface area contributed by atoms with Crippen LogP contribution in [0, 0.1) is 0 Å². The van der Waals surface area contributed by atoms with Gasteiger partial charge in [0, 0.05) is 5.02 Å². The second-order valence-electron chi connectivity index (χ2n) is 4.60. The van der Waals surface area contributed by atoms with E-state index < -0.39 is 18.0 Å². The number of carbonyl (C=O) groups excluding carboxylic acids is 1. The van der Waals surface area contributed by atoms with Gasteiger partial charge in [0.2, 0.25) is 6.41 Å². The van der Waals surface area contributed by atoms with Crippen molar-refractivity contribution in [3.05, 3.63) is 34.9 Å². The van der Waals surface area contributed by atoms with Gasteiger partial charge in [-0.05, 0) is 45.0 Å². The molecule has 0 aliphatic carbocycles. The standard InChI is InChI=1S/C12H16ClNO4/c1-12(2,3)17-11(16)14-18-10(15)8-4-6-9(13)7-5-8/h4-7,11,14,16H,1-3H3. The third kappa shape index (κ3) is 5.46. The number of aliphatic hydroxyl groups is 1. The molecule has 0 amide bonds. The van der Waals surface area contributed by atoms with Crippen LogP contribution in [0.4, 0.5) is 0 Å². The Morgan fingerprint density at radius 3 is 2.39 bits per heavy atom. The lowest BCUT2D eigenvalue weighted by Gasteiger charge is -2.23. The number of hydroxylamine groups is 1. The van der Waals surface area contributed by atoms with Crippen molar-refractivity contribution in [1.82, 2.24) is 5.48 Å². The molecule has 0 fully saturated rings. The van der Waals surface area contributed by atoms with Gasteiger partial charge < -0.3 is 14.7 Å². The van der Waals surface area contributed by atoms with Crippen molar-refractivity contribution in [3.8, 4) is 0 Å². The Bertz CT molecular complexity index is 400. The summed E-state index contributed by atoms with van der Waals surface area (Å²) in [5.74, 6) is -0.636. The monoisotopic (exact) mass is 273 g/mol. The molecule has 5 nitrogen and oxygen atoms in total. The summed E-state index contributed by atoms with van der Waals surface area (Å²) in [5, 5.41) is 9.92. The van der Waals surface area contributed by atoms with E-state index in [1.807, 2.05) is 0 Å². The van der Waals surface area contributed by atoms with Crippen LogP contribution in [-0.4, -0.2) is 23.1 Å². The van der Waals surface area contributed by atoms with E-state index in [1.54, 1.807) is 32.9 Å². The maximum atomic E-state index is 11.5. The average Bonchev–Trinajstić information content (AvgIpc) is 2.24. The minimum atomic E-state index is -1.39. The zero-order chi connectivity index (χ0) is 13.8. The molecule has 1 aromatic carbocycles. The van der Waals surface area contributed by atoms with E-state index in [0.717, 1.165) is 0 Å². The van der Waals surface area contributed by atoms with Crippen LogP contribution < -0.4 is 5.48 Å². The van der Waals surface area contributed by atoms with Crippen molar-refractivity contribution in [2.45, 2.75) is 32.8 Å². The summed E-state index contributed by atoms with van der Waals surface area (Å²) in [6.45, 7) is 5.29. The van der Waals surface area contributed by atoms with Crippen LogP contribution in [-0.2, 0) is 9.57 Å². The van der Waals surface area contributed by atoms with E-state index >= 15 is 0 Å². The number of benzene rings is 1. The Morgan fingerprint density at radius 1 is 1.33 bits per heavy atom. The van der Waals surface area contributed by atoms with Crippen LogP contribution in [0.25, 0.3) is 0 Å². The highest BCUT2D eigenvalue weighted by Crippen LogP contribution is 2.11. The van der Waals surface area contributed by atoms with Crippen molar-refractivity contribution in [2.24, 2.45) is 0 Å². The number of halogens is 1. The van der Waals surface area contributed by atoms with Crippen molar-refractivity contribution >= 4 is 17.6 Å². The first-order chi connectivity index (χ1) is 8.28. The lowest BCUT2D eigenvalue weighted by atomic mass is 10.2. The summed E-state index contributed by atoms with van der Waals surface area (Å²) in [4.78, 5) is 16.2. The molecule has 0 radical (unpaired) electrons. The Balaban J connectivity index is 2.44. The van der Waals surface area contributed by atoms with Crippen LogP contribution in [0.2, 0.25) is 5.02 Å². The van der Waals surface area contributed by atoms with Crippen molar-refractivity contribution in [1.29, 1.82) is 0 Å². The smallest absolute Gasteiger partial charge is 0.356 e. The fourth-order valence-electron chi connectivity index (χ4n) is 1.11. The lowest BCUT2D eigenvalue weighted by Crippen LogP contribution is -2.39. The lowest BCUT2D eigenvalue weighted by molar-refractivity contribution is -0.221. The molecule has 2 N–H and O–H groups in total. The second kappa shape index (κ2) is 6.15. The second-order valence-corrected chi connectivity index (χ2v) is 5.03. The van der Waals surface area contributed by atoms with E-state index in [4.69, 9.17) is 16.3 Å². The number of hydrogen-bond donors (Lipinski definition) is 2. The number of aliphatic hydroxyl groups excluding tert-OH is 1. The molecule has 0 saturated carbocycles. The molecule has 0 heterocycles. The number of nitrogens with one attached hydrogen (secondary N) is 1. The maximum absolute atomic E-state index is 11.5. The zero-order valence-electron chi connectivity index (χ0n) is 10.4. The molecule has 1 atom stereocenters. The van der Waals surface area contributed by atoms with Crippen LogP contribution in [0.1, 0.15) is 31.1 Å². The summed E-state index contributed by atoms with van der Waals surface area (Å²) in [6, 6.07) is 6.17. The fourth-order valence-corrected chi connectivity index (χ4v) is 1.23. The summed E-state index contributed by atoms with van der Waals surface area (Å²) >= 11 is 5.69. The topological polar surface area (TPSA) is 67.8 Å². The number of carbonyl (C=O) groups is 1. The largest absolute Gasteiger partial charge is 0.362 e. The zero-order valence-corrected chi connectivity index (χ0v) is 11.2. The minimum Gasteiger partial charge on any atom is -0.362 e. The molecule has 0 aliphatic heterocycles. The first-order valence-corrected chi connectivity index (χ1v) is 5.74. The Hall–Kier alpha value is -1.14. The van der Waals surface area contributed by atoms with Gasteiger partial charge in [-0.15, -0.1) is 0 Å². The van der Waals surface area contributed by atoms with Crippen LogP contribution >= 0.6 is 11.6 Å². The van der Waals surface area contributed by atoms with Gasteiger partial charge in [0.15, 0.2) is 0 Å². The SMILES string of the molecule is CC(C)(C)OC(O)NOC(=O)c1ccc(Cl)cc1. The predicted octanol–water partition coefficient (Wildman–Crippen LogP) is 2.09. The van der Waals surface area contributed by atoms with E-state index in [9.17, 15) is 9.90 Å². The number of rotatable bonds is 4. The van der Waals surface area contributed by atoms with E-state index in [-0.39, 0.29) is 0 Å². The fraction of sp³-hybridized carbons (Fsp3) is 0.417. The molecule has 0 saturated heterocycles. The van der Waals surface area contributed by atoms with Gasteiger partial charge in [0.05, 0.1) is 11.2 Å². The molecule has 18 heavy (non-hydrogen) atoms. The molecule has 1 unspecified atom stereocenters. The minimum absolute atomic E-state index is 0.315.